The van der Waals surface area contributed by atoms with Gasteiger partial charge in [-0.2, -0.15) is 0 Å². The highest BCUT2D eigenvalue weighted by Gasteiger charge is 2.17. The van der Waals surface area contributed by atoms with Crippen LogP contribution in [0.15, 0.2) is 53.6 Å². The summed E-state index contributed by atoms with van der Waals surface area (Å²) < 4.78 is 11.7. The van der Waals surface area contributed by atoms with E-state index >= 15 is 0 Å². The quantitative estimate of drug-likeness (QED) is 0.155. The second kappa shape index (κ2) is 19.4. The Bertz CT molecular complexity index is 1090. The number of ether oxygens (including phenoxy) is 2. The van der Waals surface area contributed by atoms with Crippen molar-refractivity contribution in [3.05, 3.63) is 64.7 Å². The lowest BCUT2D eigenvalue weighted by Gasteiger charge is -2.24. The minimum absolute atomic E-state index is 0.146. The molecule has 1 N–H and O–H groups in total. The van der Waals surface area contributed by atoms with Crippen molar-refractivity contribution in [3.63, 3.8) is 0 Å². The number of hydrogen-bond donors (Lipinski definition) is 1. The number of amides is 2. The molecule has 1 aliphatic heterocycles. The molecule has 0 atom stereocenters. The lowest BCUT2D eigenvalue weighted by molar-refractivity contribution is 0.248. The first-order valence-corrected chi connectivity index (χ1v) is 17.0. The van der Waals surface area contributed by atoms with Crippen molar-refractivity contribution >= 4 is 23.5 Å². The molecule has 3 rings (SSSR count). The predicted octanol–water partition coefficient (Wildman–Crippen LogP) is 9.49. The Balaban J connectivity index is 1.46. The summed E-state index contributed by atoms with van der Waals surface area (Å²) in [5, 5.41) is 2.79. The number of benzene rings is 2. The van der Waals surface area contributed by atoms with E-state index in [0.29, 0.717) is 13.2 Å². The summed E-state index contributed by atoms with van der Waals surface area (Å²) in [5.41, 5.74) is 3.07. The number of methoxy groups -OCH3 is 1. The molecule has 0 saturated carbocycles. The number of nitrogens with one attached hydrogen (secondary N) is 1. The molecule has 6 nitrogen and oxygen atoms in total. The van der Waals surface area contributed by atoms with Crippen molar-refractivity contribution in [2.24, 2.45) is 0 Å². The molecule has 2 amide bonds. The van der Waals surface area contributed by atoms with E-state index in [4.69, 9.17) is 9.47 Å². The van der Waals surface area contributed by atoms with Crippen LogP contribution in [0, 0.1) is 0 Å². The molecule has 0 fully saturated rings. The molecule has 7 heteroatoms. The Kier molecular flexibility index (Phi) is 15.6. The van der Waals surface area contributed by atoms with Crippen molar-refractivity contribution in [2.45, 2.75) is 104 Å². The number of nitrogens with zero attached hydrogens (tertiary/aromatic N) is 2. The van der Waals surface area contributed by atoms with Crippen molar-refractivity contribution in [3.8, 4) is 11.5 Å². The van der Waals surface area contributed by atoms with Gasteiger partial charge in [0.2, 0.25) is 0 Å². The maximum absolute atomic E-state index is 12.9. The van der Waals surface area contributed by atoms with Gasteiger partial charge in [-0.25, -0.2) is 4.79 Å². The molecule has 2 aromatic carbocycles. The largest absolute Gasteiger partial charge is 0.493 e. The van der Waals surface area contributed by atoms with Crippen LogP contribution in [-0.4, -0.2) is 37.6 Å². The summed E-state index contributed by atoms with van der Waals surface area (Å²) in [5.74, 6) is 2.44. The third-order valence-corrected chi connectivity index (χ3v) is 8.76. The van der Waals surface area contributed by atoms with Crippen LogP contribution in [0.25, 0.3) is 0 Å². The van der Waals surface area contributed by atoms with Gasteiger partial charge in [0.15, 0.2) is 11.5 Å². The molecular formula is C35H53N3O3S. The third-order valence-electron chi connectivity index (χ3n) is 7.74. The number of hydrogen-bond acceptors (Lipinski definition) is 5. The average Bonchev–Trinajstić information content (AvgIpc) is 3.42. The number of thioether (sulfide) groups is 1. The predicted molar refractivity (Wildman–Crippen MR) is 178 cm³/mol. The first-order valence-electron chi connectivity index (χ1n) is 16.0. The Morgan fingerprint density at radius 1 is 0.881 bits per heavy atom. The molecule has 1 aliphatic rings. The molecule has 2 aromatic rings. The number of unbranched alkanes of at least 4 members (excludes halogenated alkanes) is 11. The maximum Gasteiger partial charge on any atom is 0.321 e. The first kappa shape index (κ1) is 33.7. The fourth-order valence-corrected chi connectivity index (χ4v) is 6.04. The molecule has 0 bridgehead atoms. The highest BCUT2D eigenvalue weighted by Crippen LogP contribution is 2.30. The first-order chi connectivity index (χ1) is 20.5. The number of carbonyl (C=O) groups excluding carboxylic acids is 1. The highest BCUT2D eigenvalue weighted by atomic mass is 32.2. The molecule has 0 aromatic heterocycles. The van der Waals surface area contributed by atoms with Gasteiger partial charge in [0.25, 0.3) is 0 Å². The molecule has 232 valence electrons. The van der Waals surface area contributed by atoms with E-state index in [1.807, 2.05) is 42.1 Å². The fourth-order valence-electron chi connectivity index (χ4n) is 5.28. The van der Waals surface area contributed by atoms with Gasteiger partial charge in [0.1, 0.15) is 0 Å². The monoisotopic (exact) mass is 595 g/mol. The summed E-state index contributed by atoms with van der Waals surface area (Å²) in [4.78, 5) is 18.3. The van der Waals surface area contributed by atoms with E-state index in [2.05, 4.69) is 42.4 Å². The zero-order valence-corrected chi connectivity index (χ0v) is 27.3. The van der Waals surface area contributed by atoms with Gasteiger partial charge in [0, 0.05) is 25.5 Å². The van der Waals surface area contributed by atoms with Crippen LogP contribution in [0.1, 0.15) is 102 Å². The van der Waals surface area contributed by atoms with Crippen LogP contribution in [0.3, 0.4) is 0 Å². The molecule has 1 heterocycles. The number of anilines is 1. The molecular weight excluding hydrogens is 542 g/mol. The zero-order valence-electron chi connectivity index (χ0n) is 26.5. The summed E-state index contributed by atoms with van der Waals surface area (Å²) in [7, 11) is 3.34. The summed E-state index contributed by atoms with van der Waals surface area (Å²) in [6, 6.07) is 14.1. The summed E-state index contributed by atoms with van der Waals surface area (Å²) >= 11 is 1.86. The number of rotatable bonds is 20. The Morgan fingerprint density at radius 2 is 1.50 bits per heavy atom. The highest BCUT2D eigenvalue weighted by molar-refractivity contribution is 8.03. The molecule has 0 spiro atoms. The normalized spacial score (nSPS) is 12.8. The van der Waals surface area contributed by atoms with Gasteiger partial charge >= 0.3 is 6.03 Å². The maximum atomic E-state index is 12.9. The molecule has 0 aliphatic carbocycles. The Hall–Kier alpha value is -2.80. The third kappa shape index (κ3) is 11.8. The molecule has 0 radical (unpaired) electrons. The smallest absolute Gasteiger partial charge is 0.321 e. The topological polar surface area (TPSA) is 54.0 Å². The zero-order chi connectivity index (χ0) is 30.0. The SMILES string of the molecule is CCCCCCCCCCCCCCOc1cc(CN(C(=O)NC)c2ccc(CN3C=C(C)SC3)cc2)ccc1OC. The molecule has 0 saturated heterocycles. The summed E-state index contributed by atoms with van der Waals surface area (Å²) in [6.45, 7) is 6.38. The number of urea groups is 1. The van der Waals surface area contributed by atoms with E-state index in [1.54, 1.807) is 19.1 Å². The van der Waals surface area contributed by atoms with Crippen LogP contribution in [0.4, 0.5) is 10.5 Å². The lowest BCUT2D eigenvalue weighted by atomic mass is 10.1. The number of carbonyl (C=O) groups is 1. The van der Waals surface area contributed by atoms with Gasteiger partial charge < -0.3 is 19.7 Å². The average molecular weight is 596 g/mol. The molecule has 42 heavy (non-hydrogen) atoms. The van der Waals surface area contributed by atoms with Crippen LogP contribution < -0.4 is 19.7 Å². The second-order valence-electron chi connectivity index (χ2n) is 11.3. The van der Waals surface area contributed by atoms with Crippen molar-refractivity contribution in [2.75, 3.05) is 31.5 Å². The van der Waals surface area contributed by atoms with E-state index in [0.717, 1.165) is 41.6 Å². The van der Waals surface area contributed by atoms with Gasteiger partial charge in [-0.1, -0.05) is 95.8 Å². The van der Waals surface area contributed by atoms with E-state index in [1.165, 1.54) is 81.1 Å². The minimum Gasteiger partial charge on any atom is -0.493 e. The molecule has 0 unspecified atom stereocenters. The van der Waals surface area contributed by atoms with Gasteiger partial charge in [0.05, 0.1) is 26.1 Å². The Morgan fingerprint density at radius 3 is 2.07 bits per heavy atom. The lowest BCUT2D eigenvalue weighted by Crippen LogP contribution is -2.37. The Labute approximate surface area is 259 Å². The standard InChI is InChI=1S/C35H53N3O3S/c1-5-6-7-8-9-10-11-12-13-14-15-16-23-41-34-24-31(19-22-33(34)40-4)27-38(35(39)36-3)32-20-17-30(18-21-32)26-37-25-29(2)42-28-37/h17-22,24-25H,5-16,23,26-28H2,1-4H3,(H,36,39). The summed E-state index contributed by atoms with van der Waals surface area (Å²) in [6.07, 6.45) is 18.0. The van der Waals surface area contributed by atoms with Gasteiger partial charge in [-0.05, 0) is 53.6 Å². The number of allylic oxidation sites excluding steroid dienone is 1. The van der Waals surface area contributed by atoms with Crippen molar-refractivity contribution < 1.29 is 14.3 Å². The van der Waals surface area contributed by atoms with Crippen molar-refractivity contribution in [1.29, 1.82) is 0 Å². The van der Waals surface area contributed by atoms with E-state index < -0.39 is 0 Å². The van der Waals surface area contributed by atoms with Crippen LogP contribution in [-0.2, 0) is 13.1 Å². The van der Waals surface area contributed by atoms with Crippen LogP contribution in [0.2, 0.25) is 0 Å². The van der Waals surface area contributed by atoms with Crippen molar-refractivity contribution in [1.82, 2.24) is 10.2 Å². The van der Waals surface area contributed by atoms with E-state index in [9.17, 15) is 4.79 Å². The van der Waals surface area contributed by atoms with E-state index in [-0.39, 0.29) is 6.03 Å². The van der Waals surface area contributed by atoms with Gasteiger partial charge in [-0.3, -0.25) is 4.90 Å². The fraction of sp³-hybridized carbons (Fsp3) is 0.571. The van der Waals surface area contributed by atoms with Crippen LogP contribution in [0.5, 0.6) is 11.5 Å². The second-order valence-corrected chi connectivity index (χ2v) is 12.5. The van der Waals surface area contributed by atoms with Gasteiger partial charge in [-0.15, -0.1) is 11.8 Å². The minimum atomic E-state index is -0.146. The van der Waals surface area contributed by atoms with Crippen LogP contribution >= 0.6 is 11.8 Å².